The molecular weight excluding hydrogens is 246 g/mol. The van der Waals surface area contributed by atoms with Crippen molar-refractivity contribution in [3.63, 3.8) is 0 Å². The molecule has 0 bridgehead atoms. The fourth-order valence-corrected chi connectivity index (χ4v) is 1.86. The van der Waals surface area contributed by atoms with E-state index >= 15 is 0 Å². The highest BCUT2D eigenvalue weighted by atomic mass is 79.9. The molecule has 0 aromatic heterocycles. The largest absolute Gasteiger partial charge is 0.507 e. The van der Waals surface area contributed by atoms with Crippen LogP contribution in [0.3, 0.4) is 0 Å². The van der Waals surface area contributed by atoms with E-state index in [1.807, 2.05) is 19.2 Å². The van der Waals surface area contributed by atoms with Gasteiger partial charge in [0.25, 0.3) is 0 Å². The summed E-state index contributed by atoms with van der Waals surface area (Å²) in [5.74, 6) is 0.310. The molecule has 0 fully saturated rings. The Kier molecular flexibility index (Phi) is 4.38. The Balaban J connectivity index is 3.04. The van der Waals surface area contributed by atoms with Crippen molar-refractivity contribution in [2.75, 3.05) is 14.2 Å². The van der Waals surface area contributed by atoms with Gasteiger partial charge < -0.3 is 15.2 Å². The number of halogens is 1. The molecule has 14 heavy (non-hydrogen) atoms. The standard InChI is InChI=1S/C10H14BrNO2/c1-12-5-7-3-9(11)4-8(6-14-2)10(7)13/h3-4,12-13H,5-6H2,1-2H3. The maximum atomic E-state index is 9.83. The number of methoxy groups -OCH3 is 1. The van der Waals surface area contributed by atoms with Crippen LogP contribution in [0.1, 0.15) is 11.1 Å². The molecule has 0 aliphatic heterocycles. The van der Waals surface area contributed by atoms with Gasteiger partial charge in [-0.05, 0) is 19.2 Å². The number of phenols is 1. The van der Waals surface area contributed by atoms with Gasteiger partial charge >= 0.3 is 0 Å². The normalized spacial score (nSPS) is 10.5. The minimum Gasteiger partial charge on any atom is -0.507 e. The smallest absolute Gasteiger partial charge is 0.125 e. The summed E-state index contributed by atoms with van der Waals surface area (Å²) in [5, 5.41) is 12.8. The fourth-order valence-electron chi connectivity index (χ4n) is 1.31. The van der Waals surface area contributed by atoms with Gasteiger partial charge in [0.2, 0.25) is 0 Å². The first-order valence-electron chi connectivity index (χ1n) is 4.32. The second-order valence-electron chi connectivity index (χ2n) is 3.04. The average molecular weight is 260 g/mol. The molecule has 1 aromatic rings. The Morgan fingerprint density at radius 3 is 2.64 bits per heavy atom. The van der Waals surface area contributed by atoms with Crippen molar-refractivity contribution in [3.05, 3.63) is 27.7 Å². The summed E-state index contributed by atoms with van der Waals surface area (Å²) in [6.07, 6.45) is 0. The first-order valence-corrected chi connectivity index (χ1v) is 5.12. The molecular formula is C10H14BrNO2. The predicted octanol–water partition coefficient (Wildman–Crippen LogP) is 2.02. The van der Waals surface area contributed by atoms with Crippen molar-refractivity contribution in [3.8, 4) is 5.75 Å². The highest BCUT2D eigenvalue weighted by Crippen LogP contribution is 2.27. The van der Waals surface area contributed by atoms with E-state index in [-0.39, 0.29) is 0 Å². The third-order valence-electron chi connectivity index (χ3n) is 1.90. The molecule has 0 heterocycles. The molecule has 0 amide bonds. The molecule has 0 spiro atoms. The van der Waals surface area contributed by atoms with E-state index in [1.165, 1.54) is 0 Å². The molecule has 4 heteroatoms. The number of rotatable bonds is 4. The molecule has 0 saturated carbocycles. The van der Waals surface area contributed by atoms with Crippen molar-refractivity contribution in [2.45, 2.75) is 13.2 Å². The first-order chi connectivity index (χ1) is 6.69. The van der Waals surface area contributed by atoms with E-state index in [0.29, 0.717) is 18.9 Å². The average Bonchev–Trinajstić information content (AvgIpc) is 2.14. The number of ether oxygens (including phenoxy) is 1. The van der Waals surface area contributed by atoms with Crippen LogP contribution in [-0.4, -0.2) is 19.3 Å². The van der Waals surface area contributed by atoms with Gasteiger partial charge in [0.15, 0.2) is 0 Å². The zero-order chi connectivity index (χ0) is 10.6. The monoisotopic (exact) mass is 259 g/mol. The lowest BCUT2D eigenvalue weighted by atomic mass is 10.1. The third kappa shape index (κ3) is 2.70. The number of aromatic hydroxyl groups is 1. The number of phenolic OH excluding ortho intramolecular Hbond substituents is 1. The Hall–Kier alpha value is -0.580. The number of benzene rings is 1. The molecule has 0 aliphatic rings. The van der Waals surface area contributed by atoms with E-state index in [9.17, 15) is 5.11 Å². The second-order valence-corrected chi connectivity index (χ2v) is 3.95. The summed E-state index contributed by atoms with van der Waals surface area (Å²) in [4.78, 5) is 0. The highest BCUT2D eigenvalue weighted by Gasteiger charge is 2.08. The Labute approximate surface area is 92.2 Å². The van der Waals surface area contributed by atoms with Crippen LogP contribution in [0.2, 0.25) is 0 Å². The van der Waals surface area contributed by atoms with Gasteiger partial charge in [0.1, 0.15) is 5.75 Å². The van der Waals surface area contributed by atoms with Gasteiger partial charge in [-0.15, -0.1) is 0 Å². The van der Waals surface area contributed by atoms with Crippen molar-refractivity contribution >= 4 is 15.9 Å². The fraction of sp³-hybridized carbons (Fsp3) is 0.400. The van der Waals surface area contributed by atoms with Gasteiger partial charge in [-0.25, -0.2) is 0 Å². The van der Waals surface area contributed by atoms with E-state index in [2.05, 4.69) is 21.2 Å². The Bertz CT molecular complexity index is 288. The van der Waals surface area contributed by atoms with Gasteiger partial charge in [0.05, 0.1) is 6.61 Å². The molecule has 78 valence electrons. The maximum Gasteiger partial charge on any atom is 0.125 e. The highest BCUT2D eigenvalue weighted by molar-refractivity contribution is 9.10. The topological polar surface area (TPSA) is 41.5 Å². The maximum absolute atomic E-state index is 9.83. The molecule has 3 nitrogen and oxygen atoms in total. The number of nitrogens with one attached hydrogen (secondary N) is 1. The number of hydrogen-bond donors (Lipinski definition) is 2. The van der Waals surface area contributed by atoms with Crippen LogP contribution in [0.25, 0.3) is 0 Å². The summed E-state index contributed by atoms with van der Waals surface area (Å²) in [6, 6.07) is 3.75. The van der Waals surface area contributed by atoms with E-state index < -0.39 is 0 Å². The van der Waals surface area contributed by atoms with E-state index in [1.54, 1.807) is 7.11 Å². The molecule has 1 aromatic carbocycles. The minimum absolute atomic E-state index is 0.310. The summed E-state index contributed by atoms with van der Waals surface area (Å²) in [7, 11) is 3.45. The zero-order valence-electron chi connectivity index (χ0n) is 8.30. The second kappa shape index (κ2) is 5.34. The van der Waals surface area contributed by atoms with Crippen LogP contribution in [0.15, 0.2) is 16.6 Å². The van der Waals surface area contributed by atoms with Crippen LogP contribution < -0.4 is 5.32 Å². The lowest BCUT2D eigenvalue weighted by Gasteiger charge is -2.10. The third-order valence-corrected chi connectivity index (χ3v) is 2.36. The Morgan fingerprint density at radius 2 is 2.07 bits per heavy atom. The van der Waals surface area contributed by atoms with E-state index in [0.717, 1.165) is 15.6 Å². The lowest BCUT2D eigenvalue weighted by molar-refractivity contribution is 0.182. The molecule has 0 atom stereocenters. The number of hydrogen-bond acceptors (Lipinski definition) is 3. The molecule has 0 unspecified atom stereocenters. The summed E-state index contributed by atoms with van der Waals surface area (Å²) >= 11 is 3.39. The predicted molar refractivity (Wildman–Crippen MR) is 59.3 cm³/mol. The molecule has 0 saturated heterocycles. The van der Waals surface area contributed by atoms with Gasteiger partial charge in [-0.2, -0.15) is 0 Å². The minimum atomic E-state index is 0.310. The molecule has 2 N–H and O–H groups in total. The van der Waals surface area contributed by atoms with Crippen molar-refractivity contribution in [1.29, 1.82) is 0 Å². The van der Waals surface area contributed by atoms with Gasteiger partial charge in [-0.3, -0.25) is 0 Å². The molecule has 0 aliphatic carbocycles. The Morgan fingerprint density at radius 1 is 1.43 bits per heavy atom. The first kappa shape index (κ1) is 11.5. The molecule has 0 radical (unpaired) electrons. The van der Waals surface area contributed by atoms with Crippen LogP contribution in [0.5, 0.6) is 5.75 Å². The quantitative estimate of drug-likeness (QED) is 0.870. The summed E-state index contributed by atoms with van der Waals surface area (Å²) in [5.41, 5.74) is 1.67. The van der Waals surface area contributed by atoms with Crippen LogP contribution >= 0.6 is 15.9 Å². The van der Waals surface area contributed by atoms with Gasteiger partial charge in [0, 0.05) is 29.3 Å². The van der Waals surface area contributed by atoms with Crippen molar-refractivity contribution in [2.24, 2.45) is 0 Å². The zero-order valence-corrected chi connectivity index (χ0v) is 9.89. The molecule has 1 rings (SSSR count). The van der Waals surface area contributed by atoms with Crippen LogP contribution in [0.4, 0.5) is 0 Å². The van der Waals surface area contributed by atoms with E-state index in [4.69, 9.17) is 4.74 Å². The lowest BCUT2D eigenvalue weighted by Crippen LogP contribution is -2.06. The van der Waals surface area contributed by atoms with Crippen molar-refractivity contribution in [1.82, 2.24) is 5.32 Å². The van der Waals surface area contributed by atoms with Crippen molar-refractivity contribution < 1.29 is 9.84 Å². The SMILES string of the molecule is CNCc1cc(Br)cc(COC)c1O. The summed E-state index contributed by atoms with van der Waals surface area (Å²) in [6.45, 7) is 1.06. The van der Waals surface area contributed by atoms with Gasteiger partial charge in [-0.1, -0.05) is 15.9 Å². The van der Waals surface area contributed by atoms with Crippen LogP contribution in [0, 0.1) is 0 Å². The van der Waals surface area contributed by atoms with Crippen LogP contribution in [-0.2, 0) is 17.9 Å². The summed E-state index contributed by atoms with van der Waals surface area (Å²) < 4.78 is 5.95.